The first-order valence-electron chi connectivity index (χ1n) is 10.5. The van der Waals surface area contributed by atoms with Gasteiger partial charge in [0.05, 0.1) is 14.2 Å². The number of ether oxygens (including phenoxy) is 2. The Labute approximate surface area is 193 Å². The van der Waals surface area contributed by atoms with E-state index in [4.69, 9.17) is 9.47 Å². The molecule has 1 aromatic carbocycles. The monoisotopic (exact) mass is 461 g/mol. The first-order chi connectivity index (χ1) is 13.6. The van der Waals surface area contributed by atoms with Gasteiger partial charge in [-0.1, -0.05) is 6.92 Å². The van der Waals surface area contributed by atoms with Gasteiger partial charge in [-0.05, 0) is 50.1 Å². The third kappa shape index (κ3) is 7.40. The van der Waals surface area contributed by atoms with Crippen LogP contribution < -0.4 is 25.0 Å². The molecule has 6 nitrogen and oxygen atoms in total. The number of piperidine rings is 1. The topological polar surface area (TPSA) is 62.8 Å². The average molecular weight is 462 g/mol. The van der Waals surface area contributed by atoms with Gasteiger partial charge in [-0.15, -0.1) is 24.8 Å². The summed E-state index contributed by atoms with van der Waals surface area (Å²) in [6.45, 7) is 7.07. The maximum absolute atomic E-state index is 12.4. The number of hydrogen-bond donors (Lipinski definition) is 2. The van der Waals surface area contributed by atoms with Crippen LogP contribution in [0, 0.1) is 17.8 Å². The minimum atomic E-state index is 0. The summed E-state index contributed by atoms with van der Waals surface area (Å²) in [7, 11) is 3.34. The normalized spacial score (nSPS) is 21.8. The molecule has 30 heavy (non-hydrogen) atoms. The second-order valence-corrected chi connectivity index (χ2v) is 8.26. The molecule has 0 spiro atoms. The van der Waals surface area contributed by atoms with E-state index in [0.29, 0.717) is 24.2 Å². The van der Waals surface area contributed by atoms with E-state index in [1.54, 1.807) is 14.2 Å². The SMILES string of the molecule is COc1cc(OC)cc(N2CCC(CNC(=O)CC(C)C3CCCNC3)C2)c1.Cl.Cl. The molecule has 0 aromatic heterocycles. The Morgan fingerprint density at radius 2 is 1.90 bits per heavy atom. The van der Waals surface area contributed by atoms with E-state index in [1.165, 1.54) is 12.8 Å². The Balaban J connectivity index is 0.00000225. The third-order valence-corrected chi connectivity index (χ3v) is 6.22. The molecule has 172 valence electrons. The minimum absolute atomic E-state index is 0. The lowest BCUT2D eigenvalue weighted by Gasteiger charge is -2.28. The number of nitrogens with zero attached hydrogens (tertiary/aromatic N) is 1. The fourth-order valence-electron chi connectivity index (χ4n) is 4.36. The lowest BCUT2D eigenvalue weighted by molar-refractivity contribution is -0.122. The van der Waals surface area contributed by atoms with Gasteiger partial charge >= 0.3 is 0 Å². The van der Waals surface area contributed by atoms with Crippen LogP contribution in [0.4, 0.5) is 5.69 Å². The number of carbonyl (C=O) groups excluding carboxylic acids is 1. The van der Waals surface area contributed by atoms with Crippen LogP contribution in [-0.4, -0.2) is 52.9 Å². The number of methoxy groups -OCH3 is 2. The molecule has 0 aliphatic carbocycles. The Bertz CT molecular complexity index is 634. The van der Waals surface area contributed by atoms with Crippen LogP contribution in [0.3, 0.4) is 0 Å². The Kier molecular flexibility index (Phi) is 11.7. The highest BCUT2D eigenvalue weighted by Crippen LogP contribution is 2.31. The maximum atomic E-state index is 12.4. The van der Waals surface area contributed by atoms with Crippen molar-refractivity contribution in [2.45, 2.75) is 32.6 Å². The molecule has 0 radical (unpaired) electrons. The second kappa shape index (κ2) is 13.1. The van der Waals surface area contributed by atoms with Crippen molar-refractivity contribution in [3.05, 3.63) is 18.2 Å². The second-order valence-electron chi connectivity index (χ2n) is 8.26. The summed E-state index contributed by atoms with van der Waals surface area (Å²) in [4.78, 5) is 14.7. The highest BCUT2D eigenvalue weighted by Gasteiger charge is 2.25. The first kappa shape index (κ1) is 26.7. The molecule has 3 atom stereocenters. The summed E-state index contributed by atoms with van der Waals surface area (Å²) in [6.07, 6.45) is 4.18. The van der Waals surface area contributed by atoms with E-state index in [2.05, 4.69) is 22.5 Å². The van der Waals surface area contributed by atoms with Gasteiger partial charge in [-0.3, -0.25) is 4.79 Å². The fourth-order valence-corrected chi connectivity index (χ4v) is 4.36. The van der Waals surface area contributed by atoms with Crippen LogP contribution in [0.25, 0.3) is 0 Å². The summed E-state index contributed by atoms with van der Waals surface area (Å²) in [5.74, 6) is 3.35. The number of carbonyl (C=O) groups is 1. The van der Waals surface area contributed by atoms with Crippen molar-refractivity contribution in [3.63, 3.8) is 0 Å². The zero-order valence-corrected chi connectivity index (χ0v) is 19.9. The fraction of sp³-hybridized carbons (Fsp3) is 0.682. The van der Waals surface area contributed by atoms with Crippen LogP contribution in [0.15, 0.2) is 18.2 Å². The highest BCUT2D eigenvalue weighted by molar-refractivity contribution is 5.85. The van der Waals surface area contributed by atoms with Crippen LogP contribution in [0.2, 0.25) is 0 Å². The van der Waals surface area contributed by atoms with Gasteiger partial charge in [0.2, 0.25) is 5.91 Å². The van der Waals surface area contributed by atoms with Gasteiger partial charge in [0.1, 0.15) is 11.5 Å². The van der Waals surface area contributed by atoms with Crippen LogP contribution in [0.5, 0.6) is 11.5 Å². The maximum Gasteiger partial charge on any atom is 0.220 e. The van der Waals surface area contributed by atoms with Gasteiger partial charge in [0, 0.05) is 49.9 Å². The summed E-state index contributed by atoms with van der Waals surface area (Å²) >= 11 is 0. The van der Waals surface area contributed by atoms with E-state index >= 15 is 0 Å². The first-order valence-corrected chi connectivity index (χ1v) is 10.5. The lowest BCUT2D eigenvalue weighted by atomic mass is 9.85. The summed E-state index contributed by atoms with van der Waals surface area (Å²) in [6, 6.07) is 5.98. The summed E-state index contributed by atoms with van der Waals surface area (Å²) in [5.41, 5.74) is 1.11. The van der Waals surface area contributed by atoms with Crippen molar-refractivity contribution in [1.82, 2.24) is 10.6 Å². The van der Waals surface area contributed by atoms with Crippen molar-refractivity contribution >= 4 is 36.4 Å². The third-order valence-electron chi connectivity index (χ3n) is 6.22. The zero-order valence-electron chi connectivity index (χ0n) is 18.3. The summed E-state index contributed by atoms with van der Waals surface area (Å²) in [5, 5.41) is 6.62. The molecular formula is C22H37Cl2N3O3. The highest BCUT2D eigenvalue weighted by atomic mass is 35.5. The van der Waals surface area contributed by atoms with E-state index in [1.807, 2.05) is 18.2 Å². The quantitative estimate of drug-likeness (QED) is 0.619. The van der Waals surface area contributed by atoms with Gasteiger partial charge in [-0.25, -0.2) is 0 Å². The number of amides is 1. The molecule has 2 aliphatic heterocycles. The molecule has 0 bridgehead atoms. The molecule has 1 aromatic rings. The van der Waals surface area contributed by atoms with Gasteiger partial charge in [0.25, 0.3) is 0 Å². The van der Waals surface area contributed by atoms with Crippen molar-refractivity contribution in [2.75, 3.05) is 51.8 Å². The molecule has 2 heterocycles. The molecule has 2 aliphatic rings. The summed E-state index contributed by atoms with van der Waals surface area (Å²) < 4.78 is 10.8. The van der Waals surface area contributed by atoms with E-state index in [0.717, 1.165) is 56.3 Å². The molecule has 3 unspecified atom stereocenters. The number of anilines is 1. The Morgan fingerprint density at radius 3 is 2.50 bits per heavy atom. The number of benzene rings is 1. The van der Waals surface area contributed by atoms with Crippen molar-refractivity contribution in [2.24, 2.45) is 17.8 Å². The van der Waals surface area contributed by atoms with Gasteiger partial charge in [0.15, 0.2) is 0 Å². The largest absolute Gasteiger partial charge is 0.497 e. The lowest BCUT2D eigenvalue weighted by Crippen LogP contribution is -2.36. The zero-order chi connectivity index (χ0) is 19.9. The number of hydrogen-bond acceptors (Lipinski definition) is 5. The van der Waals surface area contributed by atoms with Crippen molar-refractivity contribution < 1.29 is 14.3 Å². The standard InChI is InChI=1S/C22H35N3O3.2ClH/c1-16(18-5-4-7-23-14-18)9-22(26)24-13-17-6-8-25(15-17)19-10-20(27-2)12-21(11-19)28-3;;/h10-12,16-18,23H,4-9,13-15H2,1-3H3,(H,24,26);2*1H. The predicted octanol–water partition coefficient (Wildman–Crippen LogP) is 3.52. The molecule has 2 fully saturated rings. The van der Waals surface area contributed by atoms with Crippen molar-refractivity contribution in [1.29, 1.82) is 0 Å². The van der Waals surface area contributed by atoms with Gasteiger partial charge in [-0.2, -0.15) is 0 Å². The van der Waals surface area contributed by atoms with Crippen molar-refractivity contribution in [3.8, 4) is 11.5 Å². The average Bonchev–Trinajstić information content (AvgIpc) is 3.21. The number of halogens is 2. The van der Waals surface area contributed by atoms with Crippen LogP contribution in [-0.2, 0) is 4.79 Å². The minimum Gasteiger partial charge on any atom is -0.497 e. The molecule has 2 N–H and O–H groups in total. The van der Waals surface area contributed by atoms with Crippen LogP contribution in [0.1, 0.15) is 32.6 Å². The van der Waals surface area contributed by atoms with E-state index < -0.39 is 0 Å². The van der Waals surface area contributed by atoms with Gasteiger partial charge < -0.3 is 25.0 Å². The molecule has 1 amide bonds. The van der Waals surface area contributed by atoms with E-state index in [-0.39, 0.29) is 30.7 Å². The molecular weight excluding hydrogens is 425 g/mol. The Morgan fingerprint density at radius 1 is 1.20 bits per heavy atom. The molecule has 2 saturated heterocycles. The predicted molar refractivity (Wildman–Crippen MR) is 127 cm³/mol. The Hall–Kier alpha value is -1.37. The number of rotatable bonds is 8. The molecule has 8 heteroatoms. The number of nitrogens with one attached hydrogen (secondary N) is 2. The van der Waals surface area contributed by atoms with E-state index in [9.17, 15) is 4.79 Å². The van der Waals surface area contributed by atoms with Crippen LogP contribution >= 0.6 is 24.8 Å². The molecule has 3 rings (SSSR count). The smallest absolute Gasteiger partial charge is 0.220 e. The molecule has 0 saturated carbocycles.